The van der Waals surface area contributed by atoms with Crippen LogP contribution in [-0.4, -0.2) is 6.26 Å². The minimum absolute atomic E-state index is 0.743. The molecule has 0 bridgehead atoms. The highest BCUT2D eigenvalue weighted by atomic mass is 79.9. The van der Waals surface area contributed by atoms with Crippen molar-refractivity contribution >= 4 is 49.1 Å². The van der Waals surface area contributed by atoms with Crippen molar-refractivity contribution in [1.82, 2.24) is 0 Å². The summed E-state index contributed by atoms with van der Waals surface area (Å²) in [5, 5.41) is 12.3. The van der Waals surface area contributed by atoms with Crippen molar-refractivity contribution in [1.29, 1.82) is 5.26 Å². The molecule has 0 unspecified atom stereocenters. The summed E-state index contributed by atoms with van der Waals surface area (Å²) in [6.07, 6.45) is 2.00. The lowest BCUT2D eigenvalue weighted by atomic mass is 10.2. The van der Waals surface area contributed by atoms with Crippen LogP contribution >= 0.6 is 39.0 Å². The van der Waals surface area contributed by atoms with Gasteiger partial charge in [-0.25, -0.2) is 0 Å². The van der Waals surface area contributed by atoms with Crippen molar-refractivity contribution in [3.63, 3.8) is 0 Å². The molecule has 0 saturated heterocycles. The maximum absolute atomic E-state index is 9.04. The smallest absolute Gasteiger partial charge is 0.102 e. The largest absolute Gasteiger partial charge is 0.192 e. The fourth-order valence-electron chi connectivity index (χ4n) is 1.35. The van der Waals surface area contributed by atoms with Crippen LogP contribution in [0.5, 0.6) is 0 Å². The second-order valence-corrected chi connectivity index (χ2v) is 5.30. The molecule has 0 saturated carbocycles. The van der Waals surface area contributed by atoms with Crippen LogP contribution in [0.4, 0.5) is 0 Å². The zero-order valence-electron chi connectivity index (χ0n) is 7.37. The molecule has 4 heteroatoms. The molecule has 1 nitrogen and oxygen atoms in total. The summed E-state index contributed by atoms with van der Waals surface area (Å²) in [6.45, 7) is 0. The monoisotopic (exact) mass is 283 g/mol. The summed E-state index contributed by atoms with van der Waals surface area (Å²) in [5.74, 6) is 0. The Balaban J connectivity index is 2.91. The lowest BCUT2D eigenvalue weighted by molar-refractivity contribution is 1.41. The van der Waals surface area contributed by atoms with Crippen molar-refractivity contribution in [2.24, 2.45) is 0 Å². The van der Waals surface area contributed by atoms with Gasteiger partial charge >= 0.3 is 0 Å². The summed E-state index contributed by atoms with van der Waals surface area (Å²) < 4.78 is 2.09. The van der Waals surface area contributed by atoms with Gasteiger partial charge in [-0.15, -0.1) is 23.1 Å². The highest BCUT2D eigenvalue weighted by molar-refractivity contribution is 9.10. The van der Waals surface area contributed by atoms with Crippen molar-refractivity contribution < 1.29 is 0 Å². The zero-order chi connectivity index (χ0) is 10.1. The van der Waals surface area contributed by atoms with E-state index in [0.717, 1.165) is 14.9 Å². The Bertz CT molecular complexity index is 525. The van der Waals surface area contributed by atoms with E-state index in [9.17, 15) is 0 Å². The summed E-state index contributed by atoms with van der Waals surface area (Å²) in [4.78, 5) is 1.08. The highest BCUT2D eigenvalue weighted by Gasteiger charge is 2.11. The van der Waals surface area contributed by atoms with E-state index in [1.165, 1.54) is 10.1 Å². The Labute approximate surface area is 98.9 Å². The summed E-state index contributed by atoms with van der Waals surface area (Å²) >= 11 is 6.73. The third-order valence-electron chi connectivity index (χ3n) is 1.97. The van der Waals surface area contributed by atoms with Crippen LogP contribution in [0, 0.1) is 11.3 Å². The van der Waals surface area contributed by atoms with Gasteiger partial charge in [-0.3, -0.25) is 0 Å². The van der Waals surface area contributed by atoms with Crippen LogP contribution in [0.3, 0.4) is 0 Å². The summed E-state index contributed by atoms with van der Waals surface area (Å²) in [5.41, 5.74) is 0.743. The fraction of sp³-hybridized carbons (Fsp3) is 0.100. The number of hydrogen-bond acceptors (Lipinski definition) is 3. The lowest BCUT2D eigenvalue weighted by Crippen LogP contribution is -1.83. The highest BCUT2D eigenvalue weighted by Crippen LogP contribution is 2.37. The average molecular weight is 284 g/mol. The molecule has 0 N–H and O–H groups in total. The Hall–Kier alpha value is -0.500. The molecular weight excluding hydrogens is 278 g/mol. The molecular formula is C10H6BrNS2. The van der Waals surface area contributed by atoms with Crippen molar-refractivity contribution in [3.05, 3.63) is 27.5 Å². The lowest BCUT2D eigenvalue weighted by Gasteiger charge is -2.04. The third kappa shape index (κ3) is 1.46. The third-order valence-corrected chi connectivity index (χ3v) is 4.48. The van der Waals surface area contributed by atoms with E-state index in [1.54, 1.807) is 23.1 Å². The van der Waals surface area contributed by atoms with Crippen LogP contribution in [0.25, 0.3) is 10.1 Å². The Morgan fingerprint density at radius 2 is 2.36 bits per heavy atom. The van der Waals surface area contributed by atoms with Gasteiger partial charge in [-0.1, -0.05) is 0 Å². The molecule has 0 spiro atoms. The van der Waals surface area contributed by atoms with Gasteiger partial charge in [0.25, 0.3) is 0 Å². The number of nitrogens with zero attached hydrogens (tertiary/aromatic N) is 1. The second kappa shape index (κ2) is 3.93. The van der Waals surface area contributed by atoms with Crippen LogP contribution in [0.1, 0.15) is 5.56 Å². The van der Waals surface area contributed by atoms with Gasteiger partial charge in [0.1, 0.15) is 6.07 Å². The number of fused-ring (bicyclic) bond motifs is 1. The maximum atomic E-state index is 9.04. The molecule has 0 aliphatic carbocycles. The molecule has 14 heavy (non-hydrogen) atoms. The number of nitriles is 1. The van der Waals surface area contributed by atoms with Gasteiger partial charge in [0.15, 0.2) is 0 Å². The van der Waals surface area contributed by atoms with Crippen molar-refractivity contribution in [2.75, 3.05) is 6.26 Å². The number of halogens is 1. The summed E-state index contributed by atoms with van der Waals surface area (Å²) in [6, 6.07) is 6.31. The van der Waals surface area contributed by atoms with Crippen molar-refractivity contribution in [2.45, 2.75) is 4.90 Å². The van der Waals surface area contributed by atoms with Crippen LogP contribution in [0.2, 0.25) is 0 Å². The van der Waals surface area contributed by atoms with Crippen LogP contribution < -0.4 is 0 Å². The standard InChI is InChI=1S/C10H6BrNS2/c1-13-10-7(5-12)8(11)4-6-2-3-14-9(6)10/h2-4H,1H3. The fourth-order valence-corrected chi connectivity index (χ4v) is 3.89. The molecule has 0 fully saturated rings. The minimum Gasteiger partial charge on any atom is -0.192 e. The Morgan fingerprint density at radius 3 is 3.00 bits per heavy atom. The van der Waals surface area contributed by atoms with E-state index in [-0.39, 0.29) is 0 Å². The van der Waals surface area contributed by atoms with E-state index in [0.29, 0.717) is 0 Å². The average Bonchev–Trinajstić information content (AvgIpc) is 2.62. The molecule has 2 aromatic rings. The first-order chi connectivity index (χ1) is 6.77. The predicted molar refractivity (Wildman–Crippen MR) is 66.0 cm³/mol. The number of thioether (sulfide) groups is 1. The molecule has 70 valence electrons. The molecule has 2 rings (SSSR count). The van der Waals surface area contributed by atoms with E-state index in [1.807, 2.05) is 12.3 Å². The molecule has 0 radical (unpaired) electrons. The molecule has 0 amide bonds. The van der Waals surface area contributed by atoms with Gasteiger partial charge in [0.2, 0.25) is 0 Å². The molecule has 1 heterocycles. The van der Waals surface area contributed by atoms with Crippen LogP contribution in [0.15, 0.2) is 26.9 Å². The molecule has 1 aromatic heterocycles. The van der Waals surface area contributed by atoms with Gasteiger partial charge < -0.3 is 0 Å². The minimum atomic E-state index is 0.743. The van der Waals surface area contributed by atoms with E-state index < -0.39 is 0 Å². The zero-order valence-corrected chi connectivity index (χ0v) is 10.6. The number of rotatable bonds is 1. The summed E-state index contributed by atoms with van der Waals surface area (Å²) in [7, 11) is 0. The van der Waals surface area contributed by atoms with E-state index in [2.05, 4.69) is 33.4 Å². The topological polar surface area (TPSA) is 23.8 Å². The first kappa shape index (κ1) is 10.0. The first-order valence-electron chi connectivity index (χ1n) is 3.91. The maximum Gasteiger partial charge on any atom is 0.102 e. The normalized spacial score (nSPS) is 10.4. The number of benzene rings is 1. The predicted octanol–water partition coefficient (Wildman–Crippen LogP) is 4.26. The van der Waals surface area contributed by atoms with Gasteiger partial charge in [-0.2, -0.15) is 5.26 Å². The quantitative estimate of drug-likeness (QED) is 0.731. The Kier molecular flexibility index (Phi) is 2.82. The van der Waals surface area contributed by atoms with Crippen molar-refractivity contribution in [3.8, 4) is 6.07 Å². The van der Waals surface area contributed by atoms with Crippen LogP contribution in [-0.2, 0) is 0 Å². The van der Waals surface area contributed by atoms with E-state index in [4.69, 9.17) is 5.26 Å². The van der Waals surface area contributed by atoms with E-state index >= 15 is 0 Å². The first-order valence-corrected chi connectivity index (χ1v) is 6.81. The van der Waals surface area contributed by atoms with Gasteiger partial charge in [0.05, 0.1) is 5.56 Å². The van der Waals surface area contributed by atoms with Gasteiger partial charge in [0, 0.05) is 14.1 Å². The molecule has 1 aromatic carbocycles. The second-order valence-electron chi connectivity index (χ2n) is 2.72. The molecule has 0 aliphatic heterocycles. The van der Waals surface area contributed by atoms with Gasteiger partial charge in [-0.05, 0) is 45.1 Å². The molecule has 0 atom stereocenters. The number of thiophene rings is 1. The SMILES string of the molecule is CSc1c(C#N)c(Br)cc2ccsc12. The number of hydrogen-bond donors (Lipinski definition) is 0. The molecule has 0 aliphatic rings. The Morgan fingerprint density at radius 1 is 1.57 bits per heavy atom.